The van der Waals surface area contributed by atoms with Gasteiger partial charge < -0.3 is 5.73 Å². The molecule has 146 valence electrons. The lowest BCUT2D eigenvalue weighted by molar-refractivity contribution is 0.326. The molecule has 0 radical (unpaired) electrons. The zero-order chi connectivity index (χ0) is 18.1. The number of hydrogen-bond acceptors (Lipinski definition) is 1. The average molecular weight is 409 g/mol. The maximum Gasteiger partial charge on any atom is 0.0822 e. The van der Waals surface area contributed by atoms with Crippen LogP contribution in [0.5, 0.6) is 0 Å². The van der Waals surface area contributed by atoms with Crippen LogP contribution in [0.2, 0.25) is 0 Å². The number of rotatable bonds is 12. The van der Waals surface area contributed by atoms with Gasteiger partial charge in [0, 0.05) is 5.54 Å². The fraction of sp³-hybridized carbons (Fsp3) is 0.714. The first kappa shape index (κ1) is 25.1. The Morgan fingerprint density at radius 3 is 2.00 bits per heavy atom. The van der Waals surface area contributed by atoms with Crippen molar-refractivity contribution < 1.29 is 0 Å². The van der Waals surface area contributed by atoms with Crippen molar-refractivity contribution in [3.8, 4) is 0 Å². The third kappa shape index (κ3) is 8.52. The highest BCUT2D eigenvalue weighted by Gasteiger charge is 2.46. The molecule has 1 aromatic carbocycles. The molecule has 4 heteroatoms. The lowest BCUT2D eigenvalue weighted by Gasteiger charge is -2.43. The van der Waals surface area contributed by atoms with Crippen LogP contribution in [0.3, 0.4) is 0 Å². The maximum atomic E-state index is 7.02. The van der Waals surface area contributed by atoms with Gasteiger partial charge in [-0.25, -0.2) is 0 Å². The second kappa shape index (κ2) is 12.4. The van der Waals surface area contributed by atoms with Crippen molar-refractivity contribution in [2.45, 2.75) is 94.3 Å². The van der Waals surface area contributed by atoms with E-state index in [0.717, 1.165) is 12.8 Å². The van der Waals surface area contributed by atoms with Gasteiger partial charge in [0.1, 0.15) is 0 Å². The molecule has 0 aliphatic heterocycles. The maximum absolute atomic E-state index is 7.02. The van der Waals surface area contributed by atoms with Crippen molar-refractivity contribution in [2.24, 2.45) is 5.73 Å². The molecular formula is C21H36Cl3N. The van der Waals surface area contributed by atoms with Crippen molar-refractivity contribution >= 4 is 35.6 Å². The van der Waals surface area contributed by atoms with Crippen LogP contribution in [0.4, 0.5) is 0 Å². The van der Waals surface area contributed by atoms with Crippen molar-refractivity contribution in [1.82, 2.24) is 0 Å². The Labute approximate surface area is 171 Å². The molecule has 0 saturated carbocycles. The summed E-state index contributed by atoms with van der Waals surface area (Å²) in [5.74, 6) is 0. The second-order valence-electron chi connectivity index (χ2n) is 7.62. The molecule has 2 atom stereocenters. The van der Waals surface area contributed by atoms with Gasteiger partial charge in [-0.05, 0) is 32.3 Å². The largest absolute Gasteiger partial charge is 0.324 e. The van der Waals surface area contributed by atoms with E-state index in [1.54, 1.807) is 0 Å². The first-order valence-corrected chi connectivity index (χ1v) is 10.3. The van der Waals surface area contributed by atoms with Crippen LogP contribution in [0, 0.1) is 0 Å². The van der Waals surface area contributed by atoms with Crippen LogP contribution in [0.1, 0.15) is 77.7 Å². The first-order chi connectivity index (χ1) is 11.3. The molecule has 25 heavy (non-hydrogen) atoms. The molecule has 0 aliphatic carbocycles. The van der Waals surface area contributed by atoms with Gasteiger partial charge in [-0.15, -0.1) is 35.6 Å². The highest BCUT2D eigenvalue weighted by molar-refractivity contribution is 6.33. The van der Waals surface area contributed by atoms with E-state index < -0.39 is 10.4 Å². The number of unbranched alkanes of at least 4 members (excludes halogenated alkanes) is 6. The zero-order valence-electron chi connectivity index (χ0n) is 16.1. The highest BCUT2D eigenvalue weighted by Crippen LogP contribution is 2.39. The number of benzene rings is 1. The van der Waals surface area contributed by atoms with Crippen molar-refractivity contribution in [3.63, 3.8) is 0 Å². The van der Waals surface area contributed by atoms with Gasteiger partial charge in [-0.3, -0.25) is 0 Å². The molecule has 0 bridgehead atoms. The lowest BCUT2D eigenvalue weighted by atomic mass is 9.78. The third-order valence-electron chi connectivity index (χ3n) is 4.93. The smallest absolute Gasteiger partial charge is 0.0822 e. The Morgan fingerprint density at radius 2 is 1.48 bits per heavy atom. The molecule has 1 rings (SSSR count). The van der Waals surface area contributed by atoms with Gasteiger partial charge in [0.05, 0.1) is 10.3 Å². The summed E-state index contributed by atoms with van der Waals surface area (Å²) in [5.41, 5.74) is 7.08. The van der Waals surface area contributed by atoms with Gasteiger partial charge in [-0.2, -0.15) is 0 Å². The Balaban J connectivity index is 0.00000576. The van der Waals surface area contributed by atoms with Gasteiger partial charge in [-0.1, -0.05) is 82.2 Å². The van der Waals surface area contributed by atoms with E-state index in [1.165, 1.54) is 44.1 Å². The monoisotopic (exact) mass is 407 g/mol. The van der Waals surface area contributed by atoms with Crippen LogP contribution >= 0.6 is 35.6 Å². The van der Waals surface area contributed by atoms with Crippen molar-refractivity contribution in [2.75, 3.05) is 0 Å². The molecule has 0 spiro atoms. The molecule has 1 aromatic rings. The van der Waals surface area contributed by atoms with Crippen molar-refractivity contribution in [3.05, 3.63) is 35.9 Å². The molecular weight excluding hydrogens is 373 g/mol. The van der Waals surface area contributed by atoms with Gasteiger partial charge in [0.2, 0.25) is 0 Å². The van der Waals surface area contributed by atoms with Gasteiger partial charge in [0.15, 0.2) is 0 Å². The minimum absolute atomic E-state index is 0. The molecule has 0 aromatic heterocycles. The van der Waals surface area contributed by atoms with E-state index in [2.05, 4.69) is 19.1 Å². The lowest BCUT2D eigenvalue weighted by Crippen LogP contribution is -2.59. The van der Waals surface area contributed by atoms with E-state index in [1.807, 2.05) is 32.0 Å². The minimum Gasteiger partial charge on any atom is -0.324 e. The summed E-state index contributed by atoms with van der Waals surface area (Å²) in [4.78, 5) is -0.641. The fourth-order valence-corrected chi connectivity index (χ4v) is 3.92. The Bertz CT molecular complexity index is 444. The summed E-state index contributed by atoms with van der Waals surface area (Å²) in [7, 11) is 0. The summed E-state index contributed by atoms with van der Waals surface area (Å²) in [5, 5.41) is -0.130. The average Bonchev–Trinajstić information content (AvgIpc) is 2.53. The fourth-order valence-electron chi connectivity index (χ4n) is 3.14. The summed E-state index contributed by atoms with van der Waals surface area (Å²) in [6.07, 6.45) is 10.6. The van der Waals surface area contributed by atoms with Crippen LogP contribution in [-0.2, 0) is 6.42 Å². The molecule has 2 N–H and O–H groups in total. The van der Waals surface area contributed by atoms with E-state index in [9.17, 15) is 0 Å². The van der Waals surface area contributed by atoms with E-state index >= 15 is 0 Å². The van der Waals surface area contributed by atoms with Gasteiger partial charge in [0.25, 0.3) is 0 Å². The highest BCUT2D eigenvalue weighted by atomic mass is 35.5. The SMILES string of the molecule is CCCCCCCCCC(Cl)C(Cl)(Cc1ccccc1)C(C)(C)N.Cl. The molecule has 0 amide bonds. The van der Waals surface area contributed by atoms with Crippen LogP contribution in [0.25, 0.3) is 0 Å². The molecule has 0 aliphatic rings. The van der Waals surface area contributed by atoms with Crippen LogP contribution in [0.15, 0.2) is 30.3 Å². The predicted molar refractivity (Wildman–Crippen MR) is 116 cm³/mol. The standard InChI is InChI=1S/C21H35Cl2N.ClH/c1-4-5-6-7-8-9-13-16-19(22)21(23,20(2,3)24)17-18-14-11-10-12-15-18;/h10-12,14-15,19H,4-9,13,16-17,24H2,1-3H3;1H. The number of nitrogens with two attached hydrogens (primary N) is 1. The third-order valence-corrected chi connectivity index (χ3v) is 6.52. The summed E-state index contributed by atoms with van der Waals surface area (Å²) < 4.78 is 0. The van der Waals surface area contributed by atoms with Crippen molar-refractivity contribution in [1.29, 1.82) is 0 Å². The Morgan fingerprint density at radius 1 is 0.960 bits per heavy atom. The zero-order valence-corrected chi connectivity index (χ0v) is 18.4. The summed E-state index contributed by atoms with van der Waals surface area (Å²) in [6, 6.07) is 10.3. The molecule has 0 fully saturated rings. The topological polar surface area (TPSA) is 26.0 Å². The predicted octanol–water partition coefficient (Wildman–Crippen LogP) is 7.11. The van der Waals surface area contributed by atoms with Gasteiger partial charge >= 0.3 is 0 Å². The number of halogens is 3. The van der Waals surface area contributed by atoms with E-state index in [-0.39, 0.29) is 17.8 Å². The second-order valence-corrected chi connectivity index (χ2v) is 8.83. The number of hydrogen-bond donors (Lipinski definition) is 1. The van der Waals surface area contributed by atoms with Crippen LogP contribution in [-0.4, -0.2) is 15.8 Å². The number of alkyl halides is 2. The van der Waals surface area contributed by atoms with Crippen LogP contribution < -0.4 is 5.73 Å². The Kier molecular flexibility index (Phi) is 12.5. The normalized spacial score (nSPS) is 15.3. The first-order valence-electron chi connectivity index (χ1n) is 9.47. The molecule has 1 nitrogen and oxygen atoms in total. The minimum atomic E-state index is -0.641. The van der Waals surface area contributed by atoms with E-state index in [4.69, 9.17) is 28.9 Å². The summed E-state index contributed by atoms with van der Waals surface area (Å²) >= 11 is 13.8. The summed E-state index contributed by atoms with van der Waals surface area (Å²) in [6.45, 7) is 6.23. The Hall–Kier alpha value is 0.0500. The molecule has 0 heterocycles. The molecule has 2 unspecified atom stereocenters. The van der Waals surface area contributed by atoms with E-state index in [0.29, 0.717) is 6.42 Å². The quantitative estimate of drug-likeness (QED) is 0.289. The molecule has 0 saturated heterocycles.